The quantitative estimate of drug-likeness (QED) is 0.830. The Morgan fingerprint density at radius 1 is 1.38 bits per heavy atom. The highest BCUT2D eigenvalue weighted by atomic mass is 35.5. The van der Waals surface area contributed by atoms with Gasteiger partial charge < -0.3 is 5.11 Å². The first-order valence-corrected chi connectivity index (χ1v) is 8.93. The van der Waals surface area contributed by atoms with Crippen molar-refractivity contribution in [3.63, 3.8) is 0 Å². The number of nitrogens with zero attached hydrogens (tertiary/aromatic N) is 1. The predicted octanol–water partition coefficient (Wildman–Crippen LogP) is 1.59. The third-order valence-electron chi connectivity index (χ3n) is 3.80. The second kappa shape index (κ2) is 7.07. The number of aliphatic hydroxyl groups excluding tert-OH is 1. The Morgan fingerprint density at radius 2 is 2.05 bits per heavy atom. The van der Waals surface area contributed by atoms with Gasteiger partial charge in [-0.3, -0.25) is 4.90 Å². The molecule has 0 radical (unpaired) electrons. The van der Waals surface area contributed by atoms with Crippen LogP contribution in [0.1, 0.15) is 25.3 Å². The van der Waals surface area contributed by atoms with Crippen molar-refractivity contribution in [3.8, 4) is 0 Å². The summed E-state index contributed by atoms with van der Waals surface area (Å²) in [5, 5.41) is 9.28. The Balaban J connectivity index is 2.07. The Morgan fingerprint density at radius 3 is 2.67 bits per heavy atom. The number of halogens is 1. The molecule has 1 saturated heterocycles. The third-order valence-corrected chi connectivity index (χ3v) is 5.71. The summed E-state index contributed by atoms with van der Waals surface area (Å²) < 4.78 is 27.3. The van der Waals surface area contributed by atoms with Gasteiger partial charge in [-0.05, 0) is 50.6 Å². The van der Waals surface area contributed by atoms with E-state index < -0.39 is 10.0 Å². The summed E-state index contributed by atoms with van der Waals surface area (Å²) in [4.78, 5) is 2.29. The fraction of sp³-hybridized carbons (Fsp3) is 0.571. The van der Waals surface area contributed by atoms with Gasteiger partial charge in [-0.2, -0.15) is 0 Å². The molecule has 0 aliphatic carbocycles. The molecular weight excluding hydrogens is 312 g/mol. The maximum atomic E-state index is 12.3. The van der Waals surface area contributed by atoms with E-state index in [1.54, 1.807) is 6.07 Å². The average Bonchev–Trinajstić information content (AvgIpc) is 2.99. The molecule has 0 bridgehead atoms. The van der Waals surface area contributed by atoms with Crippen molar-refractivity contribution >= 4 is 21.6 Å². The van der Waals surface area contributed by atoms with Gasteiger partial charge in [-0.15, -0.1) is 0 Å². The maximum absolute atomic E-state index is 12.3. The number of hydrogen-bond donors (Lipinski definition) is 2. The van der Waals surface area contributed by atoms with Crippen molar-refractivity contribution in [2.24, 2.45) is 0 Å². The van der Waals surface area contributed by atoms with Crippen molar-refractivity contribution in [1.29, 1.82) is 0 Å². The zero-order valence-corrected chi connectivity index (χ0v) is 13.6. The van der Waals surface area contributed by atoms with Crippen molar-refractivity contribution in [3.05, 3.63) is 28.8 Å². The molecular formula is C14H21ClN2O3S. The monoisotopic (exact) mass is 332 g/mol. The fourth-order valence-electron chi connectivity index (χ4n) is 2.47. The molecule has 0 amide bonds. The number of aliphatic hydroxyl groups is 1. The van der Waals surface area contributed by atoms with Crippen molar-refractivity contribution in [2.45, 2.75) is 37.3 Å². The van der Waals surface area contributed by atoms with E-state index >= 15 is 0 Å². The van der Waals surface area contributed by atoms with Gasteiger partial charge in [0.2, 0.25) is 10.0 Å². The third kappa shape index (κ3) is 4.17. The fourth-order valence-corrected chi connectivity index (χ4v) is 4.14. The van der Waals surface area contributed by atoms with Crippen LogP contribution in [-0.4, -0.2) is 44.1 Å². The van der Waals surface area contributed by atoms with Crippen LogP contribution in [0.25, 0.3) is 0 Å². The highest BCUT2D eigenvalue weighted by Gasteiger charge is 2.22. The Kier molecular flexibility index (Phi) is 5.62. The Bertz CT molecular complexity index is 586. The van der Waals surface area contributed by atoms with Crippen LogP contribution < -0.4 is 4.72 Å². The van der Waals surface area contributed by atoms with E-state index in [9.17, 15) is 8.42 Å². The Hall–Kier alpha value is -0.660. The molecule has 2 rings (SSSR count). The lowest BCUT2D eigenvalue weighted by atomic mass is 10.2. The van der Waals surface area contributed by atoms with Crippen LogP contribution in [0, 0.1) is 0 Å². The van der Waals surface area contributed by atoms with E-state index in [1.165, 1.54) is 25.0 Å². The van der Waals surface area contributed by atoms with E-state index in [1.807, 2.05) is 6.92 Å². The number of hydrogen-bond acceptors (Lipinski definition) is 4. The molecule has 0 spiro atoms. The van der Waals surface area contributed by atoms with Gasteiger partial charge in [0.15, 0.2) is 0 Å². The molecule has 0 aromatic heterocycles. The lowest BCUT2D eigenvalue weighted by Gasteiger charge is -2.23. The first-order valence-electron chi connectivity index (χ1n) is 7.07. The SMILES string of the molecule is CC(CNS(=O)(=O)c1cc(CO)ccc1Cl)N1CCCC1. The van der Waals surface area contributed by atoms with E-state index in [4.69, 9.17) is 16.7 Å². The molecule has 7 heteroatoms. The normalized spacial score (nSPS) is 18.0. The van der Waals surface area contributed by atoms with Crippen molar-refractivity contribution in [2.75, 3.05) is 19.6 Å². The highest BCUT2D eigenvalue weighted by molar-refractivity contribution is 7.89. The van der Waals surface area contributed by atoms with Gasteiger partial charge >= 0.3 is 0 Å². The van der Waals surface area contributed by atoms with Crippen LogP contribution in [0.2, 0.25) is 5.02 Å². The van der Waals surface area contributed by atoms with Crippen LogP contribution in [-0.2, 0) is 16.6 Å². The number of sulfonamides is 1. The molecule has 2 N–H and O–H groups in total. The largest absolute Gasteiger partial charge is 0.392 e. The number of likely N-dealkylation sites (tertiary alicyclic amines) is 1. The summed E-state index contributed by atoms with van der Waals surface area (Å²) in [6.45, 7) is 4.18. The van der Waals surface area contributed by atoms with Gasteiger partial charge in [-0.25, -0.2) is 13.1 Å². The molecule has 1 aromatic rings. The van der Waals surface area contributed by atoms with Crippen LogP contribution in [0.4, 0.5) is 0 Å². The molecule has 21 heavy (non-hydrogen) atoms. The van der Waals surface area contributed by atoms with Crippen LogP contribution in [0.5, 0.6) is 0 Å². The smallest absolute Gasteiger partial charge is 0.242 e. The van der Waals surface area contributed by atoms with Gasteiger partial charge in [0.25, 0.3) is 0 Å². The summed E-state index contributed by atoms with van der Waals surface area (Å²) in [7, 11) is -3.67. The molecule has 5 nitrogen and oxygen atoms in total. The lowest BCUT2D eigenvalue weighted by Crippen LogP contribution is -2.40. The molecule has 1 aliphatic heterocycles. The Labute approximate surface area is 131 Å². The lowest BCUT2D eigenvalue weighted by molar-refractivity contribution is 0.260. The summed E-state index contributed by atoms with van der Waals surface area (Å²) >= 11 is 5.97. The minimum Gasteiger partial charge on any atom is -0.392 e. The highest BCUT2D eigenvalue weighted by Crippen LogP contribution is 2.23. The van der Waals surface area contributed by atoms with Crippen LogP contribution in [0.15, 0.2) is 23.1 Å². The van der Waals surface area contributed by atoms with E-state index in [2.05, 4.69) is 9.62 Å². The summed E-state index contributed by atoms with van der Waals surface area (Å²) in [5.74, 6) is 0. The molecule has 0 saturated carbocycles. The molecule has 1 unspecified atom stereocenters. The molecule has 118 valence electrons. The number of rotatable bonds is 6. The van der Waals surface area contributed by atoms with Gasteiger partial charge in [0.1, 0.15) is 4.90 Å². The second-order valence-corrected chi connectivity index (χ2v) is 7.51. The van der Waals surface area contributed by atoms with Crippen molar-refractivity contribution in [1.82, 2.24) is 9.62 Å². The number of benzene rings is 1. The standard InChI is InChI=1S/C14H21ClN2O3S/c1-11(17-6-2-3-7-17)9-16-21(19,20)14-8-12(10-18)4-5-13(14)15/h4-5,8,11,16,18H,2-3,6-7,9-10H2,1H3. The first kappa shape index (κ1) is 16.7. The summed E-state index contributed by atoms with van der Waals surface area (Å²) in [5.41, 5.74) is 0.521. The maximum Gasteiger partial charge on any atom is 0.242 e. The predicted molar refractivity (Wildman–Crippen MR) is 82.8 cm³/mol. The van der Waals surface area contributed by atoms with Crippen LogP contribution >= 0.6 is 11.6 Å². The first-order chi connectivity index (χ1) is 9.94. The second-order valence-electron chi connectivity index (χ2n) is 5.37. The van der Waals surface area contributed by atoms with E-state index in [-0.39, 0.29) is 22.6 Å². The zero-order chi connectivity index (χ0) is 15.5. The van der Waals surface area contributed by atoms with Gasteiger partial charge in [-0.1, -0.05) is 17.7 Å². The molecule has 1 heterocycles. The van der Waals surface area contributed by atoms with E-state index in [0.29, 0.717) is 12.1 Å². The van der Waals surface area contributed by atoms with Gasteiger partial charge in [0.05, 0.1) is 11.6 Å². The summed E-state index contributed by atoms with van der Waals surface area (Å²) in [6, 6.07) is 4.66. The zero-order valence-electron chi connectivity index (χ0n) is 12.0. The molecule has 1 fully saturated rings. The summed E-state index contributed by atoms with van der Waals surface area (Å²) in [6.07, 6.45) is 2.34. The number of nitrogens with one attached hydrogen (secondary N) is 1. The van der Waals surface area contributed by atoms with E-state index in [0.717, 1.165) is 13.1 Å². The molecule has 1 aromatic carbocycles. The molecule has 1 aliphatic rings. The van der Waals surface area contributed by atoms with Crippen molar-refractivity contribution < 1.29 is 13.5 Å². The minimum absolute atomic E-state index is 0.0179. The molecule has 1 atom stereocenters. The minimum atomic E-state index is -3.67. The van der Waals surface area contributed by atoms with Crippen LogP contribution in [0.3, 0.4) is 0 Å². The van der Waals surface area contributed by atoms with Gasteiger partial charge in [0, 0.05) is 12.6 Å². The average molecular weight is 333 g/mol. The topological polar surface area (TPSA) is 69.6 Å².